The molecular formula is C21H26N2O3S. The van der Waals surface area contributed by atoms with Crippen LogP contribution in [0.1, 0.15) is 45.6 Å². The molecule has 1 heterocycles. The second-order valence-corrected chi connectivity index (χ2v) is 9.61. The van der Waals surface area contributed by atoms with Crippen molar-refractivity contribution < 1.29 is 13.2 Å². The predicted molar refractivity (Wildman–Crippen MR) is 109 cm³/mol. The van der Waals surface area contributed by atoms with Crippen molar-refractivity contribution in [2.45, 2.75) is 50.3 Å². The third-order valence-corrected chi connectivity index (χ3v) is 6.18. The zero-order valence-corrected chi connectivity index (χ0v) is 16.8. The van der Waals surface area contributed by atoms with Crippen LogP contribution in [-0.4, -0.2) is 20.9 Å². The Morgan fingerprint density at radius 2 is 1.56 bits per heavy atom. The van der Waals surface area contributed by atoms with E-state index in [1.807, 2.05) is 12.1 Å². The molecule has 0 bridgehead atoms. The average molecular weight is 387 g/mol. The summed E-state index contributed by atoms with van der Waals surface area (Å²) in [7, 11) is -3.65. The highest BCUT2D eigenvalue weighted by Gasteiger charge is 2.20. The molecule has 27 heavy (non-hydrogen) atoms. The molecule has 0 aromatic heterocycles. The minimum Gasteiger partial charge on any atom is -0.312 e. The summed E-state index contributed by atoms with van der Waals surface area (Å²) >= 11 is 0. The minimum atomic E-state index is -3.65. The maximum Gasteiger partial charge on any atom is 0.261 e. The Kier molecular flexibility index (Phi) is 5.29. The van der Waals surface area contributed by atoms with Crippen molar-refractivity contribution >= 4 is 27.3 Å². The van der Waals surface area contributed by atoms with E-state index >= 15 is 0 Å². The van der Waals surface area contributed by atoms with Crippen LogP contribution in [0, 0.1) is 0 Å². The zero-order valence-electron chi connectivity index (χ0n) is 16.0. The molecule has 1 saturated heterocycles. The monoisotopic (exact) mass is 386 g/mol. The highest BCUT2D eigenvalue weighted by atomic mass is 32.2. The van der Waals surface area contributed by atoms with E-state index in [1.165, 1.54) is 0 Å². The van der Waals surface area contributed by atoms with Crippen LogP contribution in [-0.2, 0) is 20.2 Å². The Morgan fingerprint density at radius 3 is 2.11 bits per heavy atom. The number of amides is 1. The number of nitrogens with zero attached hydrogens (tertiary/aromatic N) is 1. The summed E-state index contributed by atoms with van der Waals surface area (Å²) in [6.45, 7) is 6.97. The summed E-state index contributed by atoms with van der Waals surface area (Å²) in [6.07, 6.45) is 2.49. The number of hydrogen-bond acceptors (Lipinski definition) is 3. The molecule has 2 aromatic carbocycles. The van der Waals surface area contributed by atoms with Gasteiger partial charge in [-0.3, -0.25) is 9.52 Å². The number of rotatable bonds is 4. The summed E-state index contributed by atoms with van der Waals surface area (Å²) in [5, 5.41) is 0. The molecule has 5 nitrogen and oxygen atoms in total. The molecule has 1 amide bonds. The fourth-order valence-electron chi connectivity index (χ4n) is 3.14. The molecule has 2 aromatic rings. The Bertz CT molecular complexity index is 911. The van der Waals surface area contributed by atoms with Gasteiger partial charge in [0, 0.05) is 24.3 Å². The smallest absolute Gasteiger partial charge is 0.261 e. The van der Waals surface area contributed by atoms with Gasteiger partial charge in [0.1, 0.15) is 0 Å². The number of benzene rings is 2. The lowest BCUT2D eigenvalue weighted by Crippen LogP contribution is -2.35. The molecule has 1 aliphatic heterocycles. The van der Waals surface area contributed by atoms with Gasteiger partial charge >= 0.3 is 0 Å². The first-order valence-electron chi connectivity index (χ1n) is 9.21. The number of hydrogen-bond donors (Lipinski definition) is 1. The highest BCUT2D eigenvalue weighted by Crippen LogP contribution is 2.26. The lowest BCUT2D eigenvalue weighted by atomic mass is 9.87. The van der Waals surface area contributed by atoms with E-state index in [-0.39, 0.29) is 16.2 Å². The second-order valence-electron chi connectivity index (χ2n) is 7.93. The first-order chi connectivity index (χ1) is 12.7. The molecule has 3 rings (SSSR count). The lowest BCUT2D eigenvalue weighted by molar-refractivity contribution is -0.119. The van der Waals surface area contributed by atoms with E-state index in [4.69, 9.17) is 0 Å². The normalized spacial score (nSPS) is 15.7. The number of sulfonamides is 1. The zero-order chi connectivity index (χ0) is 19.7. The summed E-state index contributed by atoms with van der Waals surface area (Å²) in [5.41, 5.74) is 2.33. The molecule has 1 N–H and O–H groups in total. The standard InChI is InChI=1S/C21H26N2O3S/c1-21(2,3)16-7-13-19(14-8-16)27(25,26)22-17-9-11-18(12-10-17)23-15-5-4-6-20(23)24/h7-14,22H,4-6,15H2,1-3H3. The van der Waals surface area contributed by atoms with Gasteiger partial charge in [0.15, 0.2) is 0 Å². The number of piperidine rings is 1. The van der Waals surface area contributed by atoms with E-state index < -0.39 is 10.0 Å². The molecule has 6 heteroatoms. The molecule has 0 aliphatic carbocycles. The van der Waals surface area contributed by atoms with Crippen molar-refractivity contribution in [2.75, 3.05) is 16.2 Å². The Labute approximate surface area is 161 Å². The lowest BCUT2D eigenvalue weighted by Gasteiger charge is -2.26. The van der Waals surface area contributed by atoms with Gasteiger partial charge in [-0.1, -0.05) is 32.9 Å². The SMILES string of the molecule is CC(C)(C)c1ccc(S(=O)(=O)Nc2ccc(N3CCCCC3=O)cc2)cc1. The van der Waals surface area contributed by atoms with Crippen LogP contribution in [0.2, 0.25) is 0 Å². The molecular weight excluding hydrogens is 360 g/mol. The summed E-state index contributed by atoms with van der Waals surface area (Å²) in [4.78, 5) is 14.0. The third-order valence-electron chi connectivity index (χ3n) is 4.79. The Hall–Kier alpha value is -2.34. The molecule has 0 unspecified atom stereocenters. The molecule has 0 atom stereocenters. The van der Waals surface area contributed by atoms with E-state index in [1.54, 1.807) is 41.3 Å². The first-order valence-corrected chi connectivity index (χ1v) is 10.7. The van der Waals surface area contributed by atoms with Crippen molar-refractivity contribution in [1.29, 1.82) is 0 Å². The first kappa shape index (κ1) is 19.4. The molecule has 1 aliphatic rings. The van der Waals surface area contributed by atoms with Crippen molar-refractivity contribution in [1.82, 2.24) is 0 Å². The van der Waals surface area contributed by atoms with Crippen LogP contribution < -0.4 is 9.62 Å². The quantitative estimate of drug-likeness (QED) is 0.852. The number of nitrogens with one attached hydrogen (secondary N) is 1. The fourth-order valence-corrected chi connectivity index (χ4v) is 4.20. The van der Waals surface area contributed by atoms with Crippen molar-refractivity contribution in [2.24, 2.45) is 0 Å². The van der Waals surface area contributed by atoms with Gasteiger partial charge < -0.3 is 4.90 Å². The third kappa shape index (κ3) is 4.50. The van der Waals surface area contributed by atoms with Crippen molar-refractivity contribution in [3.05, 3.63) is 54.1 Å². The maximum atomic E-state index is 12.6. The molecule has 0 spiro atoms. The summed E-state index contributed by atoms with van der Waals surface area (Å²) < 4.78 is 27.9. The van der Waals surface area contributed by atoms with Gasteiger partial charge in [-0.25, -0.2) is 8.42 Å². The van der Waals surface area contributed by atoms with Crippen molar-refractivity contribution in [3.8, 4) is 0 Å². The molecule has 0 saturated carbocycles. The van der Waals surface area contributed by atoms with Crippen LogP contribution in [0.5, 0.6) is 0 Å². The minimum absolute atomic E-state index is 0.0303. The van der Waals surface area contributed by atoms with Gasteiger partial charge in [0.2, 0.25) is 5.91 Å². The van der Waals surface area contributed by atoms with Crippen LogP contribution in [0.3, 0.4) is 0 Å². The Balaban J connectivity index is 1.75. The van der Waals surface area contributed by atoms with Crippen LogP contribution in [0.25, 0.3) is 0 Å². The van der Waals surface area contributed by atoms with E-state index in [0.29, 0.717) is 18.7 Å². The topological polar surface area (TPSA) is 66.5 Å². The van der Waals surface area contributed by atoms with Crippen LogP contribution in [0.4, 0.5) is 11.4 Å². The Morgan fingerprint density at radius 1 is 0.926 bits per heavy atom. The number of anilines is 2. The fraction of sp³-hybridized carbons (Fsp3) is 0.381. The number of carbonyl (C=O) groups excluding carboxylic acids is 1. The van der Waals surface area contributed by atoms with Gasteiger partial charge in [0.25, 0.3) is 10.0 Å². The highest BCUT2D eigenvalue weighted by molar-refractivity contribution is 7.92. The number of carbonyl (C=O) groups is 1. The summed E-state index contributed by atoms with van der Waals surface area (Å²) in [6, 6.07) is 13.9. The molecule has 144 valence electrons. The summed E-state index contributed by atoms with van der Waals surface area (Å²) in [5.74, 6) is 0.119. The largest absolute Gasteiger partial charge is 0.312 e. The van der Waals surface area contributed by atoms with Gasteiger partial charge in [-0.15, -0.1) is 0 Å². The van der Waals surface area contributed by atoms with Crippen LogP contribution >= 0.6 is 0 Å². The molecule has 1 fully saturated rings. The van der Waals surface area contributed by atoms with E-state index in [2.05, 4.69) is 25.5 Å². The van der Waals surface area contributed by atoms with E-state index in [0.717, 1.165) is 24.1 Å². The average Bonchev–Trinajstić information content (AvgIpc) is 2.62. The molecule has 0 radical (unpaired) electrons. The van der Waals surface area contributed by atoms with Crippen molar-refractivity contribution in [3.63, 3.8) is 0 Å². The predicted octanol–water partition coefficient (Wildman–Crippen LogP) is 4.30. The van der Waals surface area contributed by atoms with Gasteiger partial charge in [-0.05, 0) is 60.2 Å². The second kappa shape index (κ2) is 7.35. The van der Waals surface area contributed by atoms with Gasteiger partial charge in [-0.2, -0.15) is 0 Å². The van der Waals surface area contributed by atoms with Crippen LogP contribution in [0.15, 0.2) is 53.4 Å². The maximum absolute atomic E-state index is 12.6. The van der Waals surface area contributed by atoms with E-state index in [9.17, 15) is 13.2 Å². The van der Waals surface area contributed by atoms with Gasteiger partial charge in [0.05, 0.1) is 4.90 Å².